The van der Waals surface area contributed by atoms with Crippen LogP contribution in [0.25, 0.3) is 0 Å². The SMILES string of the molecule is COc1ccc(NS(=O)(=O)c2cc(NC(=O)C3(C)CC3(Cl)Cl)ccc2C)cc1. The van der Waals surface area contributed by atoms with Crippen LogP contribution >= 0.6 is 23.2 Å². The fourth-order valence-electron chi connectivity index (χ4n) is 2.75. The minimum atomic E-state index is -3.86. The Kier molecular flexibility index (Phi) is 5.29. The summed E-state index contributed by atoms with van der Waals surface area (Å²) in [6.07, 6.45) is 0.338. The molecule has 2 aromatic carbocycles. The van der Waals surface area contributed by atoms with Gasteiger partial charge in [-0.2, -0.15) is 0 Å². The van der Waals surface area contributed by atoms with Gasteiger partial charge in [0.2, 0.25) is 5.91 Å². The van der Waals surface area contributed by atoms with Gasteiger partial charge >= 0.3 is 0 Å². The first kappa shape index (κ1) is 20.8. The third-order valence-electron chi connectivity index (χ3n) is 4.84. The Morgan fingerprint density at radius 3 is 2.21 bits per heavy atom. The van der Waals surface area contributed by atoms with Crippen LogP contribution in [0.5, 0.6) is 5.75 Å². The minimum absolute atomic E-state index is 0.0603. The fraction of sp³-hybridized carbons (Fsp3) is 0.316. The lowest BCUT2D eigenvalue weighted by Gasteiger charge is -2.15. The van der Waals surface area contributed by atoms with Crippen LogP contribution in [0.15, 0.2) is 47.4 Å². The van der Waals surface area contributed by atoms with Crippen molar-refractivity contribution >= 4 is 50.5 Å². The van der Waals surface area contributed by atoms with E-state index in [1.165, 1.54) is 13.2 Å². The molecule has 1 aliphatic rings. The monoisotopic (exact) mass is 442 g/mol. The van der Waals surface area contributed by atoms with E-state index in [1.54, 1.807) is 50.2 Å². The Labute approximate surface area is 174 Å². The molecular weight excluding hydrogens is 423 g/mol. The number of halogens is 2. The molecule has 0 bridgehead atoms. The van der Waals surface area contributed by atoms with E-state index in [9.17, 15) is 13.2 Å². The molecule has 1 amide bonds. The van der Waals surface area contributed by atoms with Crippen molar-refractivity contribution in [2.45, 2.75) is 29.5 Å². The number of anilines is 2. The number of sulfonamides is 1. The first-order chi connectivity index (χ1) is 13.0. The van der Waals surface area contributed by atoms with E-state index >= 15 is 0 Å². The molecule has 0 saturated heterocycles. The van der Waals surface area contributed by atoms with Crippen molar-refractivity contribution in [1.82, 2.24) is 0 Å². The van der Waals surface area contributed by atoms with Crippen LogP contribution in [-0.4, -0.2) is 25.8 Å². The third-order valence-corrected chi connectivity index (χ3v) is 7.46. The Morgan fingerprint density at radius 2 is 1.68 bits per heavy atom. The molecule has 1 unspecified atom stereocenters. The van der Waals surface area contributed by atoms with Crippen molar-refractivity contribution < 1.29 is 17.9 Å². The first-order valence-electron chi connectivity index (χ1n) is 8.45. The number of carbonyl (C=O) groups is 1. The van der Waals surface area contributed by atoms with Gasteiger partial charge in [0.05, 0.1) is 17.4 Å². The number of carbonyl (C=O) groups excluding carboxylic acids is 1. The van der Waals surface area contributed by atoms with E-state index in [0.717, 1.165) is 0 Å². The molecule has 3 rings (SSSR count). The highest BCUT2D eigenvalue weighted by Gasteiger charge is 2.67. The first-order valence-corrected chi connectivity index (χ1v) is 10.7. The zero-order chi connectivity index (χ0) is 20.7. The Bertz CT molecular complexity index is 1020. The maximum Gasteiger partial charge on any atom is 0.262 e. The molecule has 0 radical (unpaired) electrons. The number of rotatable bonds is 6. The van der Waals surface area contributed by atoms with Gasteiger partial charge in [-0.25, -0.2) is 8.42 Å². The molecule has 2 aromatic rings. The molecule has 1 saturated carbocycles. The van der Waals surface area contributed by atoms with Crippen LogP contribution in [-0.2, 0) is 14.8 Å². The predicted octanol–water partition coefficient (Wildman–Crippen LogP) is 4.33. The number of hydrogen-bond donors (Lipinski definition) is 2. The van der Waals surface area contributed by atoms with Crippen molar-refractivity contribution in [3.05, 3.63) is 48.0 Å². The van der Waals surface area contributed by atoms with Crippen molar-refractivity contribution in [3.63, 3.8) is 0 Å². The Morgan fingerprint density at radius 1 is 1.11 bits per heavy atom. The topological polar surface area (TPSA) is 84.5 Å². The quantitative estimate of drug-likeness (QED) is 0.651. The summed E-state index contributed by atoms with van der Waals surface area (Å²) in [4.78, 5) is 12.5. The highest BCUT2D eigenvalue weighted by molar-refractivity contribution is 7.92. The third kappa shape index (κ3) is 3.92. The predicted molar refractivity (Wildman–Crippen MR) is 111 cm³/mol. The van der Waals surface area contributed by atoms with E-state index in [1.807, 2.05) is 0 Å². The molecule has 2 N–H and O–H groups in total. The zero-order valence-corrected chi connectivity index (χ0v) is 17.9. The molecule has 0 spiro atoms. The van der Waals surface area contributed by atoms with Crippen LogP contribution < -0.4 is 14.8 Å². The number of nitrogens with one attached hydrogen (secondary N) is 2. The van der Waals surface area contributed by atoms with Crippen LogP contribution in [0.4, 0.5) is 11.4 Å². The molecule has 6 nitrogen and oxygen atoms in total. The van der Waals surface area contributed by atoms with E-state index < -0.39 is 19.8 Å². The molecule has 0 aliphatic heterocycles. The zero-order valence-electron chi connectivity index (χ0n) is 15.5. The second-order valence-corrected chi connectivity index (χ2v) is 10.1. The van der Waals surface area contributed by atoms with E-state index in [2.05, 4.69) is 10.0 Å². The van der Waals surface area contributed by atoms with E-state index in [-0.39, 0.29) is 10.8 Å². The van der Waals surface area contributed by atoms with Crippen molar-refractivity contribution in [2.75, 3.05) is 17.1 Å². The van der Waals surface area contributed by atoms with Crippen molar-refractivity contribution in [2.24, 2.45) is 5.41 Å². The standard InChI is InChI=1S/C19H20Cl2N2O4S/c1-12-4-5-14(22-17(24)18(2)11-19(18,20)21)10-16(12)28(25,26)23-13-6-8-15(27-3)9-7-13/h4-10,23H,11H2,1-3H3,(H,22,24). The molecule has 150 valence electrons. The molecule has 1 atom stereocenters. The van der Waals surface area contributed by atoms with Gasteiger partial charge in [0.15, 0.2) is 0 Å². The maximum atomic E-state index is 12.8. The average molecular weight is 443 g/mol. The molecule has 28 heavy (non-hydrogen) atoms. The van der Waals surface area contributed by atoms with Crippen LogP contribution in [0.3, 0.4) is 0 Å². The molecular formula is C19H20Cl2N2O4S. The van der Waals surface area contributed by atoms with Gasteiger partial charge in [0, 0.05) is 11.4 Å². The van der Waals surface area contributed by atoms with Crippen LogP contribution in [0, 0.1) is 12.3 Å². The Hall–Kier alpha value is -1.96. The summed E-state index contributed by atoms with van der Waals surface area (Å²) in [5.41, 5.74) is 0.388. The summed E-state index contributed by atoms with van der Waals surface area (Å²) in [6, 6.07) is 11.2. The number of amides is 1. The van der Waals surface area contributed by atoms with Crippen molar-refractivity contribution in [3.8, 4) is 5.75 Å². The number of alkyl halides is 2. The lowest BCUT2D eigenvalue weighted by molar-refractivity contribution is -0.120. The van der Waals surface area contributed by atoms with Gasteiger partial charge in [-0.3, -0.25) is 9.52 Å². The summed E-state index contributed by atoms with van der Waals surface area (Å²) in [7, 11) is -2.33. The normalized spacial score (nSPS) is 20.3. The number of methoxy groups -OCH3 is 1. The summed E-state index contributed by atoms with van der Waals surface area (Å²) in [5, 5.41) is 2.70. The van der Waals surface area contributed by atoms with Gasteiger partial charge in [-0.15, -0.1) is 23.2 Å². The summed E-state index contributed by atoms with van der Waals surface area (Å²) in [6.45, 7) is 3.35. The summed E-state index contributed by atoms with van der Waals surface area (Å²) in [5.74, 6) is 0.264. The number of ether oxygens (including phenoxy) is 1. The van der Waals surface area contributed by atoms with E-state index in [4.69, 9.17) is 27.9 Å². The molecule has 0 heterocycles. The second-order valence-electron chi connectivity index (χ2n) is 6.98. The highest BCUT2D eigenvalue weighted by atomic mass is 35.5. The lowest BCUT2D eigenvalue weighted by atomic mass is 10.1. The second kappa shape index (κ2) is 7.13. The number of hydrogen-bond acceptors (Lipinski definition) is 4. The van der Waals surface area contributed by atoms with Gasteiger partial charge in [0.1, 0.15) is 10.1 Å². The average Bonchev–Trinajstić information content (AvgIpc) is 3.16. The molecule has 9 heteroatoms. The Balaban J connectivity index is 1.83. The largest absolute Gasteiger partial charge is 0.497 e. The van der Waals surface area contributed by atoms with Gasteiger partial charge in [-0.1, -0.05) is 6.07 Å². The maximum absolute atomic E-state index is 12.8. The molecule has 1 aliphatic carbocycles. The fourth-order valence-corrected chi connectivity index (χ4v) is 4.79. The van der Waals surface area contributed by atoms with Crippen LogP contribution in [0.2, 0.25) is 0 Å². The highest BCUT2D eigenvalue weighted by Crippen LogP contribution is 2.64. The number of aryl methyl sites for hydroxylation is 1. The lowest BCUT2D eigenvalue weighted by Crippen LogP contribution is -2.26. The minimum Gasteiger partial charge on any atom is -0.497 e. The molecule has 0 aromatic heterocycles. The van der Waals surface area contributed by atoms with Gasteiger partial charge < -0.3 is 10.1 Å². The summed E-state index contributed by atoms with van der Waals surface area (Å²) < 4.78 is 32.1. The van der Waals surface area contributed by atoms with Gasteiger partial charge in [0.25, 0.3) is 10.0 Å². The van der Waals surface area contributed by atoms with Gasteiger partial charge in [-0.05, 0) is 62.2 Å². The smallest absolute Gasteiger partial charge is 0.262 e. The van der Waals surface area contributed by atoms with Crippen LogP contribution in [0.1, 0.15) is 18.9 Å². The van der Waals surface area contributed by atoms with E-state index in [0.29, 0.717) is 29.1 Å². The van der Waals surface area contributed by atoms with Crippen molar-refractivity contribution in [1.29, 1.82) is 0 Å². The summed E-state index contributed by atoms with van der Waals surface area (Å²) >= 11 is 12.1. The number of benzene rings is 2. The molecule has 1 fully saturated rings.